The summed E-state index contributed by atoms with van der Waals surface area (Å²) in [6.07, 6.45) is 23.2. The van der Waals surface area contributed by atoms with Crippen LogP contribution in [0.2, 0.25) is 0 Å². The van der Waals surface area contributed by atoms with Crippen molar-refractivity contribution < 1.29 is 9.53 Å². The van der Waals surface area contributed by atoms with Gasteiger partial charge in [0.05, 0.1) is 3.74 Å². The molecule has 0 N–H and O–H groups in total. The zero-order valence-electron chi connectivity index (χ0n) is 28.0. The molecule has 6 heteroatoms. The second-order valence-corrected chi connectivity index (χ2v) is 22.3. The minimum Gasteiger partial charge on any atom is -0.462 e. The van der Waals surface area contributed by atoms with Crippen molar-refractivity contribution in [3.8, 4) is 0 Å². The van der Waals surface area contributed by atoms with Crippen molar-refractivity contribution in [1.29, 1.82) is 0 Å². The van der Waals surface area contributed by atoms with Crippen molar-refractivity contribution in [3.63, 3.8) is 0 Å². The quantitative estimate of drug-likeness (QED) is 0.0932. The minimum absolute atomic E-state index is 0.00349. The Hall–Kier alpha value is 1.39. The average Bonchev–Trinajstić information content (AvgIpc) is 3.29. The van der Waals surface area contributed by atoms with Crippen molar-refractivity contribution in [2.45, 2.75) is 176 Å². The monoisotopic (exact) mass is 854 g/mol. The first-order valence-corrected chi connectivity index (χ1v) is 21.7. The third-order valence-corrected chi connectivity index (χ3v) is 17.7. The lowest BCUT2D eigenvalue weighted by atomic mass is 9.44. The Morgan fingerprint density at radius 3 is 2.23 bits per heavy atom. The highest BCUT2D eigenvalue weighted by atomic mass is 79.9. The van der Waals surface area contributed by atoms with Crippen LogP contribution in [-0.2, 0) is 9.53 Å². The highest BCUT2D eigenvalue weighted by molar-refractivity contribution is 9.24. The van der Waals surface area contributed by atoms with Gasteiger partial charge in [-0.05, 0) is 104 Å². The molecule has 0 saturated heterocycles. The van der Waals surface area contributed by atoms with Gasteiger partial charge in [-0.25, -0.2) is 0 Å². The van der Waals surface area contributed by atoms with Gasteiger partial charge in [0.15, 0.2) is 0 Å². The number of halogens is 4. The van der Waals surface area contributed by atoms with Crippen LogP contribution in [0, 0.1) is 46.3 Å². The Balaban J connectivity index is 1.29. The first-order chi connectivity index (χ1) is 20.3. The average molecular weight is 859 g/mol. The highest BCUT2D eigenvalue weighted by Crippen LogP contribution is 2.71. The van der Waals surface area contributed by atoms with Gasteiger partial charge in [-0.15, -0.1) is 0 Å². The number of hydrogen-bond acceptors (Lipinski definition) is 2. The van der Waals surface area contributed by atoms with Crippen LogP contribution in [0.3, 0.4) is 0 Å². The van der Waals surface area contributed by atoms with Gasteiger partial charge in [0.1, 0.15) is 6.10 Å². The Bertz CT molecular complexity index is 896. The van der Waals surface area contributed by atoms with E-state index in [9.17, 15) is 4.79 Å². The lowest BCUT2D eigenvalue weighted by Gasteiger charge is -2.66. The fourth-order valence-corrected chi connectivity index (χ4v) is 13.6. The second kappa shape index (κ2) is 16.2. The van der Waals surface area contributed by atoms with Crippen molar-refractivity contribution in [2.24, 2.45) is 46.3 Å². The van der Waals surface area contributed by atoms with Crippen LogP contribution in [0.15, 0.2) is 0 Å². The third kappa shape index (κ3) is 8.52. The van der Waals surface area contributed by atoms with Crippen LogP contribution in [0.25, 0.3) is 0 Å². The van der Waals surface area contributed by atoms with Gasteiger partial charge in [-0.1, -0.05) is 150 Å². The number of rotatable bonds is 15. The molecule has 0 heterocycles. The number of carbonyl (C=O) groups excluding carboxylic acids is 1. The van der Waals surface area contributed by atoms with Crippen LogP contribution in [0.1, 0.15) is 157 Å². The van der Waals surface area contributed by atoms with Gasteiger partial charge in [0.25, 0.3) is 0 Å². The molecule has 4 rings (SSSR count). The molecule has 2 nitrogen and oxygen atoms in total. The molecule has 0 spiro atoms. The predicted molar refractivity (Wildman–Crippen MR) is 198 cm³/mol. The number of ether oxygens (including phenoxy) is 1. The van der Waals surface area contributed by atoms with Gasteiger partial charge >= 0.3 is 5.97 Å². The van der Waals surface area contributed by atoms with Crippen LogP contribution >= 0.6 is 63.7 Å². The molecule has 0 bridgehead atoms. The summed E-state index contributed by atoms with van der Waals surface area (Å²) in [6.45, 7) is 12.6. The Labute approximate surface area is 299 Å². The van der Waals surface area contributed by atoms with Crippen LogP contribution in [0.5, 0.6) is 0 Å². The van der Waals surface area contributed by atoms with E-state index in [1.165, 1.54) is 89.9 Å². The number of unbranched alkanes of at least 4 members (excludes halogenated alkanes) is 5. The topological polar surface area (TPSA) is 26.3 Å². The summed E-state index contributed by atoms with van der Waals surface area (Å²) in [5, 5.41) is 0. The molecule has 0 amide bonds. The van der Waals surface area contributed by atoms with Gasteiger partial charge in [0.2, 0.25) is 0 Å². The van der Waals surface area contributed by atoms with Crippen molar-refractivity contribution in [1.82, 2.24) is 0 Å². The summed E-state index contributed by atoms with van der Waals surface area (Å²) < 4.78 is 6.62. The summed E-state index contributed by atoms with van der Waals surface area (Å²) in [5.74, 6) is 5.09. The van der Waals surface area contributed by atoms with Crippen molar-refractivity contribution >= 4 is 69.7 Å². The Kier molecular flexibility index (Phi) is 14.0. The number of hydrogen-bond donors (Lipinski definition) is 0. The first kappa shape index (κ1) is 37.2. The predicted octanol–water partition coefficient (Wildman–Crippen LogP) is 13.1. The maximum Gasteiger partial charge on any atom is 0.306 e. The largest absolute Gasteiger partial charge is 0.462 e. The molecule has 10 unspecified atom stereocenters. The molecule has 0 aromatic heterocycles. The lowest BCUT2D eigenvalue weighted by molar-refractivity contribution is -0.158. The van der Waals surface area contributed by atoms with Gasteiger partial charge < -0.3 is 4.74 Å². The Morgan fingerprint density at radius 1 is 0.837 bits per heavy atom. The standard InChI is InChI=1S/C37H62Br4O2/c1-25(2)13-12-14-26(3)29-17-18-30-28-23-32(38)37(41)24-27(19-22-36(37,5)31(28)20-21-35(29,30)4)43-34(42)16-11-9-7-6-8-10-15-33(39)40/h25-33H,6-24H2,1-5H3. The summed E-state index contributed by atoms with van der Waals surface area (Å²) in [7, 11) is 0. The summed E-state index contributed by atoms with van der Waals surface area (Å²) >= 11 is 15.8. The second-order valence-electron chi connectivity index (χ2n) is 16.3. The lowest BCUT2D eigenvalue weighted by Crippen LogP contribution is -2.64. The molecule has 250 valence electrons. The summed E-state index contributed by atoms with van der Waals surface area (Å²) in [5.41, 5.74) is 0.768. The fourth-order valence-electron chi connectivity index (χ4n) is 10.8. The highest BCUT2D eigenvalue weighted by Gasteiger charge is 2.67. The van der Waals surface area contributed by atoms with Gasteiger partial charge in [0, 0.05) is 22.0 Å². The summed E-state index contributed by atoms with van der Waals surface area (Å²) in [6, 6.07) is 0. The number of carbonyl (C=O) groups is 1. The van der Waals surface area contributed by atoms with Crippen molar-refractivity contribution in [3.05, 3.63) is 0 Å². The number of fused-ring (bicyclic) bond motifs is 5. The van der Waals surface area contributed by atoms with Crippen LogP contribution in [-0.4, -0.2) is 25.0 Å². The molecule has 0 aromatic rings. The molecule has 4 fully saturated rings. The zero-order valence-corrected chi connectivity index (χ0v) is 34.3. The maximum atomic E-state index is 12.9. The van der Waals surface area contributed by atoms with Gasteiger partial charge in [-0.2, -0.15) is 0 Å². The SMILES string of the molecule is CC(C)CCCC(C)C1CCC2C3CC(Br)C4(Br)CC(OC(=O)CCCCCCCCC(Br)Br)CCC4(C)C3CCC12C. The third-order valence-electron chi connectivity index (χ3n) is 13.2. The fraction of sp³-hybridized carbons (Fsp3) is 0.973. The molecule has 0 aliphatic heterocycles. The smallest absolute Gasteiger partial charge is 0.306 e. The molecule has 4 aliphatic rings. The van der Waals surface area contributed by atoms with E-state index >= 15 is 0 Å². The number of alkyl halides is 4. The molecule has 0 aromatic carbocycles. The van der Waals surface area contributed by atoms with Crippen molar-refractivity contribution in [2.75, 3.05) is 0 Å². The van der Waals surface area contributed by atoms with Gasteiger partial charge in [-0.3, -0.25) is 4.79 Å². The normalized spacial score (nSPS) is 39.8. The van der Waals surface area contributed by atoms with E-state index < -0.39 is 0 Å². The maximum absolute atomic E-state index is 12.9. The molecule has 0 radical (unpaired) electrons. The number of esters is 1. The van der Waals surface area contributed by atoms with E-state index in [2.05, 4.69) is 98.3 Å². The van der Waals surface area contributed by atoms with Crippen LogP contribution in [0.4, 0.5) is 0 Å². The molecule has 10 atom stereocenters. The van der Waals surface area contributed by atoms with E-state index in [0.717, 1.165) is 61.2 Å². The zero-order chi connectivity index (χ0) is 31.4. The first-order valence-electron chi connectivity index (χ1n) is 18.1. The molecule has 43 heavy (non-hydrogen) atoms. The van der Waals surface area contributed by atoms with E-state index in [4.69, 9.17) is 4.74 Å². The Morgan fingerprint density at radius 2 is 1.53 bits per heavy atom. The summed E-state index contributed by atoms with van der Waals surface area (Å²) in [4.78, 5) is 13.3. The molecule has 4 aliphatic carbocycles. The molecular weight excluding hydrogens is 796 g/mol. The molecule has 4 saturated carbocycles. The van der Waals surface area contributed by atoms with E-state index in [0.29, 0.717) is 20.4 Å². The van der Waals surface area contributed by atoms with Crippen LogP contribution < -0.4 is 0 Å². The molecular formula is C37H62Br4O2. The minimum atomic E-state index is 0.00349. The van der Waals surface area contributed by atoms with E-state index in [1.807, 2.05) is 0 Å². The van der Waals surface area contributed by atoms with E-state index in [1.54, 1.807) is 0 Å². The van der Waals surface area contributed by atoms with E-state index in [-0.39, 0.29) is 21.8 Å².